The van der Waals surface area contributed by atoms with E-state index < -0.39 is 0 Å². The van der Waals surface area contributed by atoms with Crippen LogP contribution in [0.3, 0.4) is 0 Å². The zero-order chi connectivity index (χ0) is 19.1. The van der Waals surface area contributed by atoms with E-state index in [9.17, 15) is 4.79 Å². The lowest BCUT2D eigenvalue weighted by molar-refractivity contribution is -0.140. The van der Waals surface area contributed by atoms with Gasteiger partial charge in [0.05, 0.1) is 39.5 Å². The van der Waals surface area contributed by atoms with E-state index in [0.717, 1.165) is 16.9 Å². The van der Waals surface area contributed by atoms with Gasteiger partial charge in [0.25, 0.3) is 0 Å². The summed E-state index contributed by atoms with van der Waals surface area (Å²) in [6.45, 7) is 4.86. The topological polar surface area (TPSA) is 48.0 Å². The zero-order valence-corrected chi connectivity index (χ0v) is 16.0. The number of benzene rings is 2. The number of hydrogen-bond donors (Lipinski definition) is 0. The molecular formula is C22H27NO4. The summed E-state index contributed by atoms with van der Waals surface area (Å²) < 4.78 is 16.7. The molecule has 1 unspecified atom stereocenters. The van der Waals surface area contributed by atoms with Crippen LogP contribution in [0.1, 0.15) is 16.7 Å². The van der Waals surface area contributed by atoms with E-state index in [0.29, 0.717) is 39.3 Å². The molecule has 144 valence electrons. The summed E-state index contributed by atoms with van der Waals surface area (Å²) in [6, 6.07) is 15.9. The van der Waals surface area contributed by atoms with Crippen LogP contribution in [-0.2, 0) is 27.3 Å². The number of morpholine rings is 1. The van der Waals surface area contributed by atoms with Gasteiger partial charge < -0.3 is 19.1 Å². The molecular weight excluding hydrogens is 342 g/mol. The van der Waals surface area contributed by atoms with E-state index in [1.165, 1.54) is 5.56 Å². The van der Waals surface area contributed by atoms with E-state index in [1.54, 1.807) is 7.11 Å². The Balaban J connectivity index is 1.45. The molecule has 5 nitrogen and oxygen atoms in total. The monoisotopic (exact) mass is 369 g/mol. The van der Waals surface area contributed by atoms with Crippen molar-refractivity contribution in [2.24, 2.45) is 0 Å². The van der Waals surface area contributed by atoms with E-state index in [4.69, 9.17) is 14.2 Å². The van der Waals surface area contributed by atoms with Crippen LogP contribution in [0.5, 0.6) is 5.75 Å². The number of carbonyl (C=O) groups excluding carboxylic acids is 1. The average molecular weight is 369 g/mol. The predicted octanol–water partition coefficient (Wildman–Crippen LogP) is 2.99. The largest absolute Gasteiger partial charge is 0.497 e. The van der Waals surface area contributed by atoms with Crippen molar-refractivity contribution in [2.45, 2.75) is 26.1 Å². The molecule has 0 saturated carbocycles. The van der Waals surface area contributed by atoms with E-state index in [-0.39, 0.29) is 12.0 Å². The van der Waals surface area contributed by atoms with Crippen molar-refractivity contribution in [2.75, 3.05) is 33.4 Å². The Kier molecular flexibility index (Phi) is 6.85. The molecule has 1 aliphatic rings. The van der Waals surface area contributed by atoms with Gasteiger partial charge in [-0.3, -0.25) is 4.79 Å². The Morgan fingerprint density at radius 3 is 2.74 bits per heavy atom. The Hall–Kier alpha value is -2.37. The number of hydrogen-bond acceptors (Lipinski definition) is 4. The lowest BCUT2D eigenvalue weighted by Crippen LogP contribution is -2.47. The SMILES string of the molecule is COc1ccc(CC(=O)N2CCOC(COCc3cccc(C)c3)C2)cc1. The minimum absolute atomic E-state index is 0.0802. The number of aryl methyl sites for hydroxylation is 1. The number of ether oxygens (including phenoxy) is 3. The third-order valence-electron chi connectivity index (χ3n) is 4.66. The second kappa shape index (κ2) is 9.53. The van der Waals surface area contributed by atoms with Crippen LogP contribution in [0, 0.1) is 6.92 Å². The van der Waals surface area contributed by atoms with Gasteiger partial charge in [0.1, 0.15) is 5.75 Å². The zero-order valence-electron chi connectivity index (χ0n) is 16.0. The van der Waals surface area contributed by atoms with Gasteiger partial charge in [-0.25, -0.2) is 0 Å². The molecule has 3 rings (SSSR count). The molecule has 1 atom stereocenters. The van der Waals surface area contributed by atoms with Crippen molar-refractivity contribution in [3.63, 3.8) is 0 Å². The van der Waals surface area contributed by atoms with Gasteiger partial charge in [-0.15, -0.1) is 0 Å². The molecule has 2 aromatic carbocycles. The molecule has 0 N–H and O–H groups in total. The summed E-state index contributed by atoms with van der Waals surface area (Å²) in [5.41, 5.74) is 3.36. The maximum atomic E-state index is 12.6. The second-order valence-corrected chi connectivity index (χ2v) is 6.86. The van der Waals surface area contributed by atoms with Gasteiger partial charge in [-0.1, -0.05) is 42.0 Å². The number of methoxy groups -OCH3 is 1. The highest BCUT2D eigenvalue weighted by atomic mass is 16.5. The van der Waals surface area contributed by atoms with Gasteiger partial charge in [-0.2, -0.15) is 0 Å². The second-order valence-electron chi connectivity index (χ2n) is 6.86. The van der Waals surface area contributed by atoms with Gasteiger partial charge in [0, 0.05) is 13.1 Å². The van der Waals surface area contributed by atoms with E-state index in [1.807, 2.05) is 35.2 Å². The van der Waals surface area contributed by atoms with Crippen molar-refractivity contribution >= 4 is 5.91 Å². The Morgan fingerprint density at radius 1 is 1.19 bits per heavy atom. The summed E-state index contributed by atoms with van der Waals surface area (Å²) in [7, 11) is 1.63. The first-order chi connectivity index (χ1) is 13.1. The molecule has 0 spiro atoms. The van der Waals surface area contributed by atoms with Gasteiger partial charge >= 0.3 is 0 Å². The summed E-state index contributed by atoms with van der Waals surface area (Å²) in [4.78, 5) is 14.5. The average Bonchev–Trinajstić information content (AvgIpc) is 2.69. The Bertz CT molecular complexity index is 744. The molecule has 1 fully saturated rings. The fraction of sp³-hybridized carbons (Fsp3) is 0.409. The normalized spacial score (nSPS) is 17.0. The molecule has 0 radical (unpaired) electrons. The number of carbonyl (C=O) groups is 1. The van der Waals surface area contributed by atoms with Gasteiger partial charge in [0.15, 0.2) is 0 Å². The van der Waals surface area contributed by atoms with Crippen LogP contribution in [0.2, 0.25) is 0 Å². The molecule has 1 amide bonds. The fourth-order valence-corrected chi connectivity index (χ4v) is 3.19. The minimum Gasteiger partial charge on any atom is -0.497 e. The molecule has 1 aliphatic heterocycles. The molecule has 0 aromatic heterocycles. The molecule has 0 aliphatic carbocycles. The van der Waals surface area contributed by atoms with Crippen LogP contribution in [0.15, 0.2) is 48.5 Å². The lowest BCUT2D eigenvalue weighted by Gasteiger charge is -2.33. The molecule has 5 heteroatoms. The smallest absolute Gasteiger partial charge is 0.227 e. The lowest BCUT2D eigenvalue weighted by atomic mass is 10.1. The standard InChI is InChI=1S/C22H27NO4/c1-17-4-3-5-19(12-17)15-26-16-21-14-23(10-11-27-21)22(24)13-18-6-8-20(25-2)9-7-18/h3-9,12,21H,10-11,13-16H2,1-2H3. The van der Waals surface area contributed by atoms with Crippen molar-refractivity contribution < 1.29 is 19.0 Å². The highest BCUT2D eigenvalue weighted by Crippen LogP contribution is 2.14. The number of nitrogens with zero attached hydrogens (tertiary/aromatic N) is 1. The highest BCUT2D eigenvalue weighted by Gasteiger charge is 2.24. The fourth-order valence-electron chi connectivity index (χ4n) is 3.19. The first-order valence-corrected chi connectivity index (χ1v) is 9.29. The van der Waals surface area contributed by atoms with Crippen LogP contribution < -0.4 is 4.74 Å². The maximum Gasteiger partial charge on any atom is 0.227 e. The van der Waals surface area contributed by atoms with Crippen molar-refractivity contribution in [1.82, 2.24) is 4.90 Å². The number of amides is 1. The van der Waals surface area contributed by atoms with Crippen LogP contribution in [0.25, 0.3) is 0 Å². The van der Waals surface area contributed by atoms with Crippen molar-refractivity contribution in [1.29, 1.82) is 0 Å². The Morgan fingerprint density at radius 2 is 2.00 bits per heavy atom. The Labute approximate surface area is 160 Å². The summed E-state index contributed by atoms with van der Waals surface area (Å²) in [5, 5.41) is 0. The maximum absolute atomic E-state index is 12.6. The quantitative estimate of drug-likeness (QED) is 0.753. The van der Waals surface area contributed by atoms with Gasteiger partial charge in [-0.05, 0) is 30.2 Å². The van der Waals surface area contributed by atoms with Crippen molar-refractivity contribution in [3.05, 3.63) is 65.2 Å². The third-order valence-corrected chi connectivity index (χ3v) is 4.66. The highest BCUT2D eigenvalue weighted by molar-refractivity contribution is 5.79. The van der Waals surface area contributed by atoms with Gasteiger partial charge in [0.2, 0.25) is 5.91 Å². The molecule has 2 aromatic rings. The first-order valence-electron chi connectivity index (χ1n) is 9.29. The molecule has 27 heavy (non-hydrogen) atoms. The molecule has 1 saturated heterocycles. The number of rotatable bonds is 7. The van der Waals surface area contributed by atoms with E-state index in [2.05, 4.69) is 25.1 Å². The molecule has 0 bridgehead atoms. The minimum atomic E-state index is -0.0802. The van der Waals surface area contributed by atoms with Crippen molar-refractivity contribution in [3.8, 4) is 5.75 Å². The predicted molar refractivity (Wildman–Crippen MR) is 104 cm³/mol. The third kappa shape index (κ3) is 5.81. The summed E-state index contributed by atoms with van der Waals surface area (Å²) >= 11 is 0. The van der Waals surface area contributed by atoms with Crippen LogP contribution in [0.4, 0.5) is 0 Å². The summed E-state index contributed by atoms with van der Waals surface area (Å²) in [6.07, 6.45) is 0.310. The van der Waals surface area contributed by atoms with E-state index >= 15 is 0 Å². The summed E-state index contributed by atoms with van der Waals surface area (Å²) in [5.74, 6) is 0.913. The molecule has 1 heterocycles. The van der Waals surface area contributed by atoms with Crippen LogP contribution in [-0.4, -0.2) is 50.3 Å². The first kappa shape index (κ1) is 19.4. The van der Waals surface area contributed by atoms with Crippen LogP contribution >= 0.6 is 0 Å².